The molecule has 0 saturated heterocycles. The molecule has 1 fully saturated rings. The normalized spacial score (nSPS) is 18.9. The smallest absolute Gasteiger partial charge is 0.355 e. The summed E-state index contributed by atoms with van der Waals surface area (Å²) in [5.74, 6) is 1.13. The summed E-state index contributed by atoms with van der Waals surface area (Å²) < 4.78 is 18.0. The Morgan fingerprint density at radius 2 is 1.92 bits per heavy atom. The lowest BCUT2D eigenvalue weighted by atomic mass is 9.81. The van der Waals surface area contributed by atoms with Crippen LogP contribution in [0.2, 0.25) is 5.02 Å². The minimum atomic E-state index is -1.03. The topological polar surface area (TPSA) is 120 Å². The van der Waals surface area contributed by atoms with Crippen LogP contribution >= 0.6 is 23.4 Å². The molecule has 4 rings (SSSR count). The third-order valence-corrected chi connectivity index (χ3v) is 8.12. The molecule has 2 atom stereocenters. The largest absolute Gasteiger partial charge is 0.480 e. The van der Waals surface area contributed by atoms with Crippen LogP contribution in [-0.4, -0.2) is 57.5 Å². The number of carboxylic acid groups (broad SMARTS) is 2. The predicted octanol–water partition coefficient (Wildman–Crippen LogP) is 4.96. The molecule has 0 amide bonds. The van der Waals surface area contributed by atoms with E-state index in [1.165, 1.54) is 11.8 Å². The number of benzene rings is 1. The van der Waals surface area contributed by atoms with Gasteiger partial charge in [0.2, 0.25) is 6.79 Å². The number of halogens is 1. The van der Waals surface area contributed by atoms with E-state index in [2.05, 4.69) is 0 Å². The number of imidazole rings is 1. The maximum absolute atomic E-state index is 12.4. The number of carbonyl (C=O) groups is 2. The standard InChI is InChI=1S/C25H31ClN2O7S/c1-2-5-21-27-24(36-13-16-7-4-3-6-15(16)11-33-12-22(29)30)23(25(31)32)28(21)10-17-8-19-20(9-18(17)26)35-14-34-19/h8-9,15-16H,2-7,10-14H2,1H3,(H,29,30)(H,31,32). The summed E-state index contributed by atoms with van der Waals surface area (Å²) in [6.45, 7) is 2.53. The fourth-order valence-corrected chi connectivity index (χ4v) is 6.35. The van der Waals surface area contributed by atoms with Gasteiger partial charge in [0.05, 0.1) is 13.2 Å². The third-order valence-electron chi connectivity index (χ3n) is 6.62. The number of nitrogens with zero attached hydrogens (tertiary/aromatic N) is 2. The van der Waals surface area contributed by atoms with Gasteiger partial charge in [-0.2, -0.15) is 0 Å². The fourth-order valence-electron chi connectivity index (χ4n) is 4.83. The summed E-state index contributed by atoms with van der Waals surface area (Å²) in [4.78, 5) is 28.0. The van der Waals surface area contributed by atoms with Gasteiger partial charge >= 0.3 is 11.9 Å². The van der Waals surface area contributed by atoms with E-state index in [0.29, 0.717) is 52.1 Å². The highest BCUT2D eigenvalue weighted by molar-refractivity contribution is 7.99. The molecule has 196 valence electrons. The van der Waals surface area contributed by atoms with Crippen molar-refractivity contribution in [2.24, 2.45) is 11.8 Å². The first-order valence-electron chi connectivity index (χ1n) is 12.2. The van der Waals surface area contributed by atoms with E-state index in [1.54, 1.807) is 16.7 Å². The summed E-state index contributed by atoms with van der Waals surface area (Å²) in [7, 11) is 0. The molecule has 0 bridgehead atoms. The van der Waals surface area contributed by atoms with Crippen molar-refractivity contribution >= 4 is 35.3 Å². The summed E-state index contributed by atoms with van der Waals surface area (Å²) in [5.41, 5.74) is 0.893. The molecule has 2 aliphatic rings. The number of aryl methyl sites for hydroxylation is 1. The van der Waals surface area contributed by atoms with Crippen LogP contribution < -0.4 is 9.47 Å². The van der Waals surface area contributed by atoms with Crippen molar-refractivity contribution in [2.75, 3.05) is 25.8 Å². The Balaban J connectivity index is 1.55. The number of fused-ring (bicyclic) bond motifs is 1. The number of hydrogen-bond donors (Lipinski definition) is 2. The molecule has 2 unspecified atom stereocenters. The monoisotopic (exact) mass is 538 g/mol. The summed E-state index contributed by atoms with van der Waals surface area (Å²) >= 11 is 7.95. The van der Waals surface area contributed by atoms with Crippen LogP contribution in [0.4, 0.5) is 0 Å². The predicted molar refractivity (Wildman–Crippen MR) is 134 cm³/mol. The van der Waals surface area contributed by atoms with Crippen LogP contribution in [0.25, 0.3) is 0 Å². The average Bonchev–Trinajstić information content (AvgIpc) is 3.42. The van der Waals surface area contributed by atoms with Crippen molar-refractivity contribution in [3.8, 4) is 11.5 Å². The molecule has 2 aromatic rings. The molecule has 1 aliphatic carbocycles. The van der Waals surface area contributed by atoms with Gasteiger partial charge in [0.25, 0.3) is 0 Å². The number of aliphatic carboxylic acids is 1. The van der Waals surface area contributed by atoms with Gasteiger partial charge in [-0.3, -0.25) is 0 Å². The quantitative estimate of drug-likeness (QED) is 0.361. The second-order valence-corrected chi connectivity index (χ2v) is 10.6. The second kappa shape index (κ2) is 12.2. The molecule has 36 heavy (non-hydrogen) atoms. The van der Waals surface area contributed by atoms with Crippen LogP contribution in [0.5, 0.6) is 11.5 Å². The number of ether oxygens (including phenoxy) is 3. The molecule has 11 heteroatoms. The average molecular weight is 539 g/mol. The summed E-state index contributed by atoms with van der Waals surface area (Å²) in [6.07, 6.45) is 5.64. The number of aromatic carboxylic acids is 1. The first kappa shape index (κ1) is 26.6. The number of thioether (sulfide) groups is 1. The fraction of sp³-hybridized carbons (Fsp3) is 0.560. The Bertz CT molecular complexity index is 1110. The number of aromatic nitrogens is 2. The maximum Gasteiger partial charge on any atom is 0.355 e. The van der Waals surface area contributed by atoms with Crippen molar-refractivity contribution in [3.05, 3.63) is 34.2 Å². The molecule has 0 radical (unpaired) electrons. The number of hydrogen-bond acceptors (Lipinski definition) is 7. The highest BCUT2D eigenvalue weighted by Gasteiger charge is 2.29. The Morgan fingerprint density at radius 1 is 1.19 bits per heavy atom. The first-order valence-corrected chi connectivity index (χ1v) is 13.6. The molecule has 2 N–H and O–H groups in total. The SMILES string of the molecule is CCCc1nc(SCC2CCCCC2COCC(=O)O)c(C(=O)O)n1Cc1cc2c(cc1Cl)OCO2. The molecule has 2 heterocycles. The molecule has 1 saturated carbocycles. The van der Waals surface area contributed by atoms with E-state index in [0.717, 1.165) is 37.7 Å². The molecule has 0 spiro atoms. The zero-order valence-corrected chi connectivity index (χ0v) is 21.8. The van der Waals surface area contributed by atoms with E-state index < -0.39 is 11.9 Å². The highest BCUT2D eigenvalue weighted by Crippen LogP contribution is 2.39. The Kier molecular flexibility index (Phi) is 9.03. The van der Waals surface area contributed by atoms with Crippen LogP contribution in [0.3, 0.4) is 0 Å². The highest BCUT2D eigenvalue weighted by atomic mass is 35.5. The van der Waals surface area contributed by atoms with Crippen molar-refractivity contribution in [1.29, 1.82) is 0 Å². The van der Waals surface area contributed by atoms with Crippen molar-refractivity contribution in [1.82, 2.24) is 9.55 Å². The zero-order chi connectivity index (χ0) is 25.7. The lowest BCUT2D eigenvalue weighted by Gasteiger charge is -2.30. The van der Waals surface area contributed by atoms with E-state index in [4.69, 9.17) is 35.9 Å². The Labute approximate surface area is 219 Å². The zero-order valence-electron chi connectivity index (χ0n) is 20.2. The van der Waals surface area contributed by atoms with Gasteiger partial charge in [-0.15, -0.1) is 11.8 Å². The van der Waals surface area contributed by atoms with Crippen LogP contribution in [0, 0.1) is 11.8 Å². The minimum absolute atomic E-state index is 0.131. The van der Waals surface area contributed by atoms with E-state index in [1.807, 2.05) is 6.92 Å². The van der Waals surface area contributed by atoms with Gasteiger partial charge in [0.15, 0.2) is 17.2 Å². The summed E-state index contributed by atoms with van der Waals surface area (Å²) in [5, 5.41) is 20.0. The lowest BCUT2D eigenvalue weighted by molar-refractivity contribution is -0.143. The molecular formula is C25H31ClN2O7S. The molecule has 1 aromatic heterocycles. The number of rotatable bonds is 12. The lowest BCUT2D eigenvalue weighted by Crippen LogP contribution is -2.27. The van der Waals surface area contributed by atoms with Crippen molar-refractivity contribution in [3.63, 3.8) is 0 Å². The van der Waals surface area contributed by atoms with Crippen LogP contribution in [0.1, 0.15) is 60.9 Å². The van der Waals surface area contributed by atoms with Crippen molar-refractivity contribution in [2.45, 2.75) is 57.0 Å². The molecule has 1 aromatic carbocycles. The van der Waals surface area contributed by atoms with Gasteiger partial charge < -0.3 is 29.0 Å². The third kappa shape index (κ3) is 6.27. The van der Waals surface area contributed by atoms with Crippen molar-refractivity contribution < 1.29 is 34.0 Å². The molecule has 9 nitrogen and oxygen atoms in total. The second-order valence-electron chi connectivity index (χ2n) is 9.14. The van der Waals surface area contributed by atoms with Gasteiger partial charge in [-0.05, 0) is 42.7 Å². The van der Waals surface area contributed by atoms with Gasteiger partial charge in [0, 0.05) is 23.3 Å². The van der Waals surface area contributed by atoms with Crippen LogP contribution in [0.15, 0.2) is 17.2 Å². The maximum atomic E-state index is 12.4. The Morgan fingerprint density at radius 3 is 2.61 bits per heavy atom. The Hall–Kier alpha value is -2.43. The number of carboxylic acids is 2. The van der Waals surface area contributed by atoms with E-state index in [9.17, 15) is 14.7 Å². The first-order chi connectivity index (χ1) is 17.4. The van der Waals surface area contributed by atoms with Gasteiger partial charge in [-0.1, -0.05) is 31.4 Å². The molecular weight excluding hydrogens is 508 g/mol. The summed E-state index contributed by atoms with van der Waals surface area (Å²) in [6, 6.07) is 3.49. The van der Waals surface area contributed by atoms with E-state index >= 15 is 0 Å². The van der Waals surface area contributed by atoms with Gasteiger partial charge in [-0.25, -0.2) is 14.6 Å². The van der Waals surface area contributed by atoms with Gasteiger partial charge in [0.1, 0.15) is 17.5 Å². The van der Waals surface area contributed by atoms with Crippen LogP contribution in [-0.2, 0) is 22.5 Å². The molecule has 1 aliphatic heterocycles. The van der Waals surface area contributed by atoms with E-state index in [-0.39, 0.29) is 31.6 Å². The minimum Gasteiger partial charge on any atom is -0.480 e.